The van der Waals surface area contributed by atoms with Crippen LogP contribution in [0, 0.1) is 0 Å². The maximum absolute atomic E-state index is 12.6. The summed E-state index contributed by atoms with van der Waals surface area (Å²) >= 11 is 0. The number of fused-ring (bicyclic) bond motifs is 2. The Labute approximate surface area is 274 Å². The van der Waals surface area contributed by atoms with Gasteiger partial charge in [-0.05, 0) is 74.9 Å². The first kappa shape index (κ1) is 32.0. The molecule has 47 heavy (non-hydrogen) atoms. The number of benzene rings is 3. The minimum atomic E-state index is -0.534. The molecule has 2 aromatic heterocycles. The largest absolute Gasteiger partial charge is 0.487 e. The van der Waals surface area contributed by atoms with Crippen LogP contribution in [0.4, 0.5) is 5.82 Å². The second-order valence-corrected chi connectivity index (χ2v) is 12.9. The molecule has 10 heteroatoms. The second-order valence-electron chi connectivity index (χ2n) is 12.9. The van der Waals surface area contributed by atoms with Crippen molar-refractivity contribution >= 4 is 39.4 Å². The number of nitrogens with two attached hydrogens (primary N) is 1. The van der Waals surface area contributed by atoms with E-state index in [2.05, 4.69) is 32.8 Å². The van der Waals surface area contributed by atoms with Gasteiger partial charge in [-0.3, -0.25) is 19.2 Å². The Kier molecular flexibility index (Phi) is 9.13. The number of para-hydroxylation sites is 1. The van der Waals surface area contributed by atoms with E-state index >= 15 is 0 Å². The molecule has 0 bridgehead atoms. The smallest absolute Gasteiger partial charge is 0.320 e. The van der Waals surface area contributed by atoms with Crippen molar-refractivity contribution < 1.29 is 23.8 Å². The van der Waals surface area contributed by atoms with E-state index in [1.165, 1.54) is 0 Å². The molecule has 0 radical (unpaired) electrons. The lowest BCUT2D eigenvalue weighted by Crippen LogP contribution is -2.34. The van der Waals surface area contributed by atoms with Crippen LogP contribution in [-0.2, 0) is 32.1 Å². The third-order valence-electron chi connectivity index (χ3n) is 8.29. The Morgan fingerprint density at radius 2 is 1.81 bits per heavy atom. The Bertz CT molecular complexity index is 1930. The normalized spacial score (nSPS) is 15.3. The van der Waals surface area contributed by atoms with Crippen molar-refractivity contribution in [1.82, 2.24) is 19.7 Å². The predicted molar refractivity (Wildman–Crippen MR) is 182 cm³/mol. The average molecular weight is 636 g/mol. The molecule has 0 amide bonds. The lowest BCUT2D eigenvalue weighted by Gasteiger charge is -2.22. The fourth-order valence-corrected chi connectivity index (χ4v) is 6.27. The van der Waals surface area contributed by atoms with Gasteiger partial charge in [0, 0.05) is 35.6 Å². The summed E-state index contributed by atoms with van der Waals surface area (Å²) in [5.41, 5.74) is 10.3. The summed E-state index contributed by atoms with van der Waals surface area (Å²) in [7, 11) is 0. The molecule has 1 atom stereocenters. The van der Waals surface area contributed by atoms with Crippen LogP contribution in [0.5, 0.6) is 5.75 Å². The number of carbonyl (C=O) groups is 2. The zero-order valence-electron chi connectivity index (χ0n) is 27.4. The van der Waals surface area contributed by atoms with Gasteiger partial charge in [0.25, 0.3) is 0 Å². The van der Waals surface area contributed by atoms with E-state index in [0.29, 0.717) is 24.7 Å². The summed E-state index contributed by atoms with van der Waals surface area (Å²) < 4.78 is 19.3. The van der Waals surface area contributed by atoms with Crippen LogP contribution in [0.2, 0.25) is 0 Å². The van der Waals surface area contributed by atoms with Crippen LogP contribution in [-0.4, -0.2) is 63.4 Å². The summed E-state index contributed by atoms with van der Waals surface area (Å²) in [4.78, 5) is 31.3. The molecule has 1 saturated heterocycles. The summed E-state index contributed by atoms with van der Waals surface area (Å²) in [5, 5.41) is 7.96. The molecule has 0 aliphatic carbocycles. The van der Waals surface area contributed by atoms with Crippen molar-refractivity contribution in [2.24, 2.45) is 0 Å². The van der Waals surface area contributed by atoms with Gasteiger partial charge in [0.1, 0.15) is 23.8 Å². The minimum Gasteiger partial charge on any atom is -0.487 e. The fraction of sp³-hybridized carbons (Fsp3) is 0.351. The molecule has 1 fully saturated rings. The van der Waals surface area contributed by atoms with Crippen LogP contribution in [0.15, 0.2) is 72.9 Å². The number of hydrogen-bond acceptors (Lipinski definition) is 9. The molecule has 5 aromatic rings. The molecule has 3 heterocycles. The molecule has 6 rings (SSSR count). The number of aromatic nitrogens is 3. The standard InChI is InChI=1S/C37H41N5O5/c1-5-45-34(43)20-25-9-6-7-12-33(25)46-23-32-30-19-24(27-10-8-11-29-28(27)15-17-39-36(29)38)13-14-31(30)40-42(32)26-16-18-41(21-26)22-35(44)47-37(2,3)4/h6-15,17,19,26H,5,16,18,20-23H2,1-4H3,(H2,38,39). The second kappa shape index (κ2) is 13.4. The van der Waals surface area contributed by atoms with E-state index in [0.717, 1.165) is 57.0 Å². The maximum atomic E-state index is 12.6. The number of carbonyl (C=O) groups excluding carboxylic acids is 2. The zero-order chi connectivity index (χ0) is 33.1. The first-order valence-electron chi connectivity index (χ1n) is 16.0. The third kappa shape index (κ3) is 7.23. The highest BCUT2D eigenvalue weighted by Crippen LogP contribution is 2.35. The summed E-state index contributed by atoms with van der Waals surface area (Å²) in [6, 6.07) is 21.9. The van der Waals surface area contributed by atoms with Crippen molar-refractivity contribution in [1.29, 1.82) is 0 Å². The molecule has 2 N–H and O–H groups in total. The lowest BCUT2D eigenvalue weighted by molar-refractivity contribution is -0.155. The van der Waals surface area contributed by atoms with E-state index in [4.69, 9.17) is 25.0 Å². The number of likely N-dealkylation sites (tertiary alicyclic amines) is 1. The van der Waals surface area contributed by atoms with Crippen molar-refractivity contribution in [2.45, 2.75) is 58.8 Å². The predicted octanol–water partition coefficient (Wildman–Crippen LogP) is 6.11. The average Bonchev–Trinajstić information content (AvgIpc) is 3.63. The molecule has 1 aliphatic heterocycles. The molecule has 244 valence electrons. The highest BCUT2D eigenvalue weighted by atomic mass is 16.6. The van der Waals surface area contributed by atoms with E-state index in [1.54, 1.807) is 13.1 Å². The Morgan fingerprint density at radius 1 is 0.979 bits per heavy atom. The molecular formula is C37H41N5O5. The fourth-order valence-electron chi connectivity index (χ4n) is 6.27. The number of anilines is 1. The highest BCUT2D eigenvalue weighted by molar-refractivity contribution is 6.02. The highest BCUT2D eigenvalue weighted by Gasteiger charge is 2.30. The van der Waals surface area contributed by atoms with Gasteiger partial charge in [-0.25, -0.2) is 4.98 Å². The van der Waals surface area contributed by atoms with Gasteiger partial charge in [0.2, 0.25) is 0 Å². The van der Waals surface area contributed by atoms with E-state index in [9.17, 15) is 9.59 Å². The first-order chi connectivity index (χ1) is 22.6. The van der Waals surface area contributed by atoms with Gasteiger partial charge < -0.3 is 19.9 Å². The van der Waals surface area contributed by atoms with Gasteiger partial charge in [0.15, 0.2) is 0 Å². The summed E-state index contributed by atoms with van der Waals surface area (Å²) in [6.07, 6.45) is 2.68. The summed E-state index contributed by atoms with van der Waals surface area (Å²) in [5.74, 6) is 0.574. The topological polar surface area (TPSA) is 122 Å². The van der Waals surface area contributed by atoms with Crippen molar-refractivity contribution in [2.75, 3.05) is 32.0 Å². The number of hydrogen-bond donors (Lipinski definition) is 1. The molecule has 1 unspecified atom stereocenters. The van der Waals surface area contributed by atoms with Crippen molar-refractivity contribution in [3.8, 4) is 16.9 Å². The number of esters is 2. The zero-order valence-corrected chi connectivity index (χ0v) is 27.4. The van der Waals surface area contributed by atoms with Gasteiger partial charge >= 0.3 is 11.9 Å². The quantitative estimate of drug-likeness (QED) is 0.181. The molecule has 1 aliphatic rings. The Balaban J connectivity index is 1.36. The van der Waals surface area contributed by atoms with Gasteiger partial charge in [-0.15, -0.1) is 0 Å². The SMILES string of the molecule is CCOC(=O)Cc1ccccc1OCc1c2cc(-c3cccc4c(N)nccc34)ccc2nn1C1CCN(CC(=O)OC(C)(C)C)C1. The van der Waals surface area contributed by atoms with Crippen LogP contribution in [0.25, 0.3) is 32.8 Å². The Morgan fingerprint density at radius 3 is 2.62 bits per heavy atom. The Hall–Kier alpha value is -4.96. The third-order valence-corrected chi connectivity index (χ3v) is 8.29. The molecule has 0 saturated carbocycles. The van der Waals surface area contributed by atoms with Crippen LogP contribution in [0.1, 0.15) is 51.4 Å². The monoisotopic (exact) mass is 635 g/mol. The molecule has 3 aromatic carbocycles. The maximum Gasteiger partial charge on any atom is 0.320 e. The van der Waals surface area contributed by atoms with E-state index in [1.807, 2.05) is 69.3 Å². The molecule has 0 spiro atoms. The van der Waals surface area contributed by atoms with Crippen molar-refractivity contribution in [3.63, 3.8) is 0 Å². The number of rotatable bonds is 10. The number of ether oxygens (including phenoxy) is 3. The van der Waals surface area contributed by atoms with Crippen molar-refractivity contribution in [3.05, 3.63) is 84.2 Å². The minimum absolute atomic E-state index is 0.0325. The lowest BCUT2D eigenvalue weighted by atomic mass is 9.97. The summed E-state index contributed by atoms with van der Waals surface area (Å²) in [6.45, 7) is 9.61. The first-order valence-corrected chi connectivity index (χ1v) is 16.0. The molecular weight excluding hydrogens is 594 g/mol. The number of nitrogen functional groups attached to an aromatic ring is 1. The van der Waals surface area contributed by atoms with E-state index in [-0.39, 0.29) is 37.6 Å². The number of nitrogens with zero attached hydrogens (tertiary/aromatic N) is 4. The number of pyridine rings is 1. The van der Waals surface area contributed by atoms with E-state index < -0.39 is 5.60 Å². The van der Waals surface area contributed by atoms with Gasteiger partial charge in [0.05, 0.1) is 36.8 Å². The molecule has 10 nitrogen and oxygen atoms in total. The van der Waals surface area contributed by atoms with Gasteiger partial charge in [-0.2, -0.15) is 5.10 Å². The van der Waals surface area contributed by atoms with Crippen LogP contribution >= 0.6 is 0 Å². The van der Waals surface area contributed by atoms with Crippen LogP contribution < -0.4 is 10.5 Å². The van der Waals surface area contributed by atoms with Crippen LogP contribution in [0.3, 0.4) is 0 Å². The van der Waals surface area contributed by atoms with Gasteiger partial charge in [-0.1, -0.05) is 42.5 Å².